The third-order valence-corrected chi connectivity index (χ3v) is 6.01. The van der Waals surface area contributed by atoms with Gasteiger partial charge in [-0.2, -0.15) is 0 Å². The number of hydrogen-bond donors (Lipinski definition) is 0. The summed E-state index contributed by atoms with van der Waals surface area (Å²) in [7, 11) is 0. The minimum Gasteiger partial charge on any atom is -0.456 e. The van der Waals surface area contributed by atoms with Crippen molar-refractivity contribution in [2.75, 3.05) is 4.90 Å². The summed E-state index contributed by atoms with van der Waals surface area (Å²) in [6.07, 6.45) is 0. The number of furan rings is 1. The van der Waals surface area contributed by atoms with E-state index in [1.807, 2.05) is 48.5 Å². The highest BCUT2D eigenvalue weighted by Gasteiger charge is 2.16. The van der Waals surface area contributed by atoms with Crippen LogP contribution >= 0.6 is 0 Å². The zero-order chi connectivity index (χ0) is 31.2. The monoisotopic (exact) mass is 445 g/mol. The predicted octanol–water partition coefficient (Wildman–Crippen LogP) is 9.36. The van der Waals surface area contributed by atoms with Gasteiger partial charge in [0.2, 0.25) is 0 Å². The van der Waals surface area contributed by atoms with E-state index in [-0.39, 0.29) is 17.1 Å². The minimum absolute atomic E-state index is 0.276. The summed E-state index contributed by atoms with van der Waals surface area (Å²) >= 11 is 0. The van der Waals surface area contributed by atoms with Gasteiger partial charge in [0.25, 0.3) is 0 Å². The first-order valence-corrected chi connectivity index (χ1v) is 10.7. The van der Waals surface area contributed by atoms with Gasteiger partial charge in [0, 0.05) is 27.5 Å². The van der Waals surface area contributed by atoms with Gasteiger partial charge in [-0.05, 0) is 64.6 Å². The molecule has 1 aromatic heterocycles. The normalized spacial score (nSPS) is 15.6. The maximum Gasteiger partial charge on any atom is 0.136 e. The van der Waals surface area contributed by atoms with Gasteiger partial charge in [-0.1, -0.05) is 78.7 Å². The first-order chi connectivity index (χ1) is 21.0. The molecule has 0 N–H and O–H groups in total. The second-order valence-corrected chi connectivity index (χ2v) is 7.89. The van der Waals surface area contributed by atoms with Gasteiger partial charge in [0.15, 0.2) is 0 Å². The lowest BCUT2D eigenvalue weighted by molar-refractivity contribution is 0.669. The molecule has 0 saturated heterocycles. The van der Waals surface area contributed by atoms with Gasteiger partial charge in [-0.25, -0.2) is 0 Å². The van der Waals surface area contributed by atoms with E-state index in [2.05, 4.69) is 0 Å². The molecule has 0 radical (unpaired) electrons. The lowest BCUT2D eigenvalue weighted by atomic mass is 9.98. The van der Waals surface area contributed by atoms with Crippen molar-refractivity contribution in [2.45, 2.75) is 0 Å². The third kappa shape index (κ3) is 2.89. The van der Waals surface area contributed by atoms with Crippen molar-refractivity contribution >= 4 is 60.5 Å². The van der Waals surface area contributed by atoms with E-state index >= 15 is 0 Å². The number of nitrogens with zero attached hydrogens (tertiary/aromatic N) is 1. The first kappa shape index (κ1) is 11.5. The Labute approximate surface area is 211 Å². The molecule has 1 heterocycles. The molecular weight excluding hydrogens is 414 g/mol. The molecule has 7 rings (SSSR count). The zero-order valence-corrected chi connectivity index (χ0v) is 17.7. The molecule has 6 aromatic carbocycles. The van der Waals surface area contributed by atoms with Gasteiger partial charge >= 0.3 is 0 Å². The number of fused-ring (bicyclic) bond motifs is 6. The van der Waals surface area contributed by atoms with Crippen molar-refractivity contribution in [1.82, 2.24) is 0 Å². The first-order valence-electron chi connectivity index (χ1n) is 15.7. The Balaban J connectivity index is 1.62. The van der Waals surface area contributed by atoms with E-state index in [4.69, 9.17) is 18.1 Å². The largest absolute Gasteiger partial charge is 0.456 e. The number of hydrogen-bond acceptors (Lipinski definition) is 2. The van der Waals surface area contributed by atoms with E-state index < -0.39 is 60.4 Å². The van der Waals surface area contributed by atoms with E-state index in [1.54, 1.807) is 18.2 Å². The van der Waals surface area contributed by atoms with Crippen LogP contribution in [0.15, 0.2) is 132 Å². The summed E-state index contributed by atoms with van der Waals surface area (Å²) in [5, 5.41) is 4.89. The van der Waals surface area contributed by atoms with Gasteiger partial charge < -0.3 is 9.32 Å². The van der Waals surface area contributed by atoms with Crippen LogP contribution in [0.2, 0.25) is 0 Å². The second kappa shape index (κ2) is 7.50. The van der Waals surface area contributed by atoms with Crippen LogP contribution in [0.3, 0.4) is 0 Å². The van der Waals surface area contributed by atoms with Crippen LogP contribution in [0.4, 0.5) is 17.1 Å². The quantitative estimate of drug-likeness (QED) is 0.252. The Bertz CT molecular complexity index is 2240. The highest BCUT2D eigenvalue weighted by atomic mass is 16.3. The second-order valence-electron chi connectivity index (χ2n) is 7.89. The fourth-order valence-corrected chi connectivity index (χ4v) is 4.55. The van der Waals surface area contributed by atoms with Crippen molar-refractivity contribution in [3.8, 4) is 0 Å². The molecule has 0 unspecified atom stereocenters. The summed E-state index contributed by atoms with van der Waals surface area (Å²) in [6.45, 7) is 0. The maximum atomic E-state index is 8.77. The van der Waals surface area contributed by atoms with Crippen LogP contribution in [0.5, 0.6) is 0 Å². The zero-order valence-electron chi connectivity index (χ0n) is 27.7. The summed E-state index contributed by atoms with van der Waals surface area (Å²) in [6, 6.07) is 14.6. The summed E-state index contributed by atoms with van der Waals surface area (Å²) in [5.41, 5.74) is 1.07. The molecule has 0 saturated carbocycles. The van der Waals surface area contributed by atoms with Crippen molar-refractivity contribution in [3.63, 3.8) is 0 Å². The molecule has 7 aromatic rings. The van der Waals surface area contributed by atoms with E-state index in [0.717, 1.165) is 32.5 Å². The predicted molar refractivity (Wildman–Crippen MR) is 143 cm³/mol. The summed E-state index contributed by atoms with van der Waals surface area (Å²) in [5.74, 6) is 0. The van der Waals surface area contributed by atoms with Gasteiger partial charge in [0.05, 0.1) is 19.4 Å². The Morgan fingerprint density at radius 2 is 1.24 bits per heavy atom. The summed E-state index contributed by atoms with van der Waals surface area (Å²) < 4.78 is 90.7. The highest BCUT2D eigenvalue weighted by molar-refractivity contribution is 6.18. The van der Waals surface area contributed by atoms with Crippen LogP contribution < -0.4 is 4.90 Å². The van der Waals surface area contributed by atoms with Crippen LogP contribution in [0.25, 0.3) is 43.5 Å². The molecule has 0 amide bonds. The Kier molecular flexibility index (Phi) is 2.54. The number of rotatable bonds is 3. The third-order valence-electron chi connectivity index (χ3n) is 6.01. The molecule has 160 valence electrons. The van der Waals surface area contributed by atoms with Gasteiger partial charge in [-0.15, -0.1) is 0 Å². The van der Waals surface area contributed by atoms with Crippen molar-refractivity contribution < 1.29 is 18.1 Å². The van der Waals surface area contributed by atoms with E-state index in [9.17, 15) is 0 Å². The van der Waals surface area contributed by atoms with E-state index in [0.29, 0.717) is 11.0 Å². The molecule has 0 bridgehead atoms. The average Bonchev–Trinajstić information content (AvgIpc) is 3.40. The number of benzene rings is 6. The molecule has 0 aliphatic carbocycles. The maximum absolute atomic E-state index is 8.77. The Morgan fingerprint density at radius 3 is 2.00 bits per heavy atom. The van der Waals surface area contributed by atoms with Crippen LogP contribution in [-0.4, -0.2) is 0 Å². The minimum atomic E-state index is -0.613. The highest BCUT2D eigenvalue weighted by Crippen LogP contribution is 2.41. The summed E-state index contributed by atoms with van der Waals surface area (Å²) in [4.78, 5) is 1.19. The Hall–Kier alpha value is -4.56. The van der Waals surface area contributed by atoms with Crippen molar-refractivity contribution in [3.05, 3.63) is 127 Å². The fraction of sp³-hybridized carbons (Fsp3) is 0. The Morgan fingerprint density at radius 1 is 0.529 bits per heavy atom. The molecule has 0 atom stereocenters. The molecule has 0 fully saturated rings. The molecule has 2 heteroatoms. The topological polar surface area (TPSA) is 16.4 Å². The lowest BCUT2D eigenvalue weighted by Gasteiger charge is -2.27. The van der Waals surface area contributed by atoms with E-state index in [1.165, 1.54) is 4.90 Å². The average molecular weight is 446 g/mol. The molecule has 34 heavy (non-hydrogen) atoms. The lowest BCUT2D eigenvalue weighted by Crippen LogP contribution is -2.10. The van der Waals surface area contributed by atoms with Crippen molar-refractivity contribution in [1.29, 1.82) is 0 Å². The smallest absolute Gasteiger partial charge is 0.136 e. The van der Waals surface area contributed by atoms with Crippen LogP contribution in [-0.2, 0) is 0 Å². The van der Waals surface area contributed by atoms with Gasteiger partial charge in [-0.3, -0.25) is 0 Å². The fourth-order valence-electron chi connectivity index (χ4n) is 4.55. The standard InChI is InChI=1S/C32H21NO/c1-3-10-23(11-4-1)33(24-12-5-2-6-13-24)30-16-9-15-25-26(30)19-18-22-20-32-29(21-28(22)25)27-14-7-8-17-31(27)34-32/h1-21H/i1D,2D,3D,4D,5D,6D,10D,11D,12D,13D. The number of anilines is 3. The van der Waals surface area contributed by atoms with Crippen molar-refractivity contribution in [2.24, 2.45) is 0 Å². The van der Waals surface area contributed by atoms with Crippen LogP contribution in [0.1, 0.15) is 13.7 Å². The molecule has 0 aliphatic heterocycles. The van der Waals surface area contributed by atoms with Gasteiger partial charge in [0.1, 0.15) is 11.2 Å². The SMILES string of the molecule is [2H]c1c([2H])c([2H])c(N(c2c([2H])c([2H])c([2H])c([2H])c2[2H])c2cccc3c2ccc2cc4oc5ccccc5c4cc23)c([2H])c1[2H]. The number of para-hydroxylation sites is 3. The van der Waals surface area contributed by atoms with Crippen LogP contribution in [0, 0.1) is 0 Å². The molecular formula is C32H21NO. The molecule has 2 nitrogen and oxygen atoms in total. The molecule has 0 spiro atoms. The molecule has 0 aliphatic rings.